The number of nitrogens with zero attached hydrogens (tertiary/aromatic N) is 3. The van der Waals surface area contributed by atoms with Crippen molar-refractivity contribution in [2.24, 2.45) is 5.92 Å². The molecule has 16 heavy (non-hydrogen) atoms. The summed E-state index contributed by atoms with van der Waals surface area (Å²) in [6.07, 6.45) is 6.93. The Balaban J connectivity index is 1.88. The molecule has 0 radical (unpaired) electrons. The van der Waals surface area contributed by atoms with Crippen LogP contribution in [0.3, 0.4) is 0 Å². The van der Waals surface area contributed by atoms with Crippen molar-refractivity contribution in [3.05, 3.63) is 17.0 Å². The maximum absolute atomic E-state index is 6.06. The molecule has 3 rings (SSSR count). The minimum Gasteiger partial charge on any atom is -0.353 e. The molecule has 86 valence electrons. The fraction of sp³-hybridized carbons (Fsp3) is 0.667. The molecule has 1 aromatic heterocycles. The van der Waals surface area contributed by atoms with Crippen LogP contribution in [0.1, 0.15) is 31.2 Å². The third kappa shape index (κ3) is 2.01. The average Bonchev–Trinajstić information content (AvgIpc) is 3.14. The zero-order chi connectivity index (χ0) is 11.1. The standard InChI is InChI=1S/C12H16ClN3/c1-8-11(13)14-7-15-12(8)16(10-4-5-10)6-9-2-3-9/h7,9-10H,2-6H2,1H3. The van der Waals surface area contributed by atoms with Gasteiger partial charge in [-0.25, -0.2) is 9.97 Å². The second kappa shape index (κ2) is 3.88. The largest absolute Gasteiger partial charge is 0.353 e. The molecular weight excluding hydrogens is 222 g/mol. The van der Waals surface area contributed by atoms with Crippen LogP contribution in [-0.2, 0) is 0 Å². The van der Waals surface area contributed by atoms with Gasteiger partial charge in [0.2, 0.25) is 0 Å². The second-order valence-corrected chi connectivity index (χ2v) is 5.30. The van der Waals surface area contributed by atoms with Crippen LogP contribution in [0.15, 0.2) is 6.33 Å². The van der Waals surface area contributed by atoms with E-state index in [9.17, 15) is 0 Å². The Morgan fingerprint density at radius 2 is 2.06 bits per heavy atom. The van der Waals surface area contributed by atoms with Gasteiger partial charge in [-0.3, -0.25) is 0 Å². The molecule has 0 saturated heterocycles. The van der Waals surface area contributed by atoms with Gasteiger partial charge in [0.25, 0.3) is 0 Å². The summed E-state index contributed by atoms with van der Waals surface area (Å²) in [5, 5.41) is 0.589. The topological polar surface area (TPSA) is 29.0 Å². The fourth-order valence-electron chi connectivity index (χ4n) is 2.08. The van der Waals surface area contributed by atoms with E-state index in [1.165, 1.54) is 25.7 Å². The van der Waals surface area contributed by atoms with Gasteiger partial charge in [0.05, 0.1) is 0 Å². The summed E-state index contributed by atoms with van der Waals surface area (Å²) in [4.78, 5) is 10.9. The Labute approximate surface area is 101 Å². The normalized spacial score (nSPS) is 19.9. The van der Waals surface area contributed by atoms with Gasteiger partial charge < -0.3 is 4.90 Å². The van der Waals surface area contributed by atoms with E-state index in [2.05, 4.69) is 14.9 Å². The molecule has 0 amide bonds. The highest BCUT2D eigenvalue weighted by atomic mass is 35.5. The van der Waals surface area contributed by atoms with E-state index in [0.717, 1.165) is 23.8 Å². The quantitative estimate of drug-likeness (QED) is 0.754. The van der Waals surface area contributed by atoms with Crippen molar-refractivity contribution in [3.8, 4) is 0 Å². The van der Waals surface area contributed by atoms with Crippen molar-refractivity contribution in [2.75, 3.05) is 11.4 Å². The van der Waals surface area contributed by atoms with Gasteiger partial charge in [-0.05, 0) is 38.5 Å². The second-order valence-electron chi connectivity index (χ2n) is 4.94. The lowest BCUT2D eigenvalue weighted by Crippen LogP contribution is -2.29. The Bertz CT molecular complexity index is 399. The minimum atomic E-state index is 0.589. The van der Waals surface area contributed by atoms with E-state index in [1.54, 1.807) is 6.33 Å². The molecule has 2 saturated carbocycles. The molecule has 1 heterocycles. The van der Waals surface area contributed by atoms with Crippen molar-refractivity contribution < 1.29 is 0 Å². The maximum Gasteiger partial charge on any atom is 0.137 e. The average molecular weight is 238 g/mol. The monoisotopic (exact) mass is 237 g/mol. The van der Waals surface area contributed by atoms with E-state index in [0.29, 0.717) is 11.2 Å². The first-order chi connectivity index (χ1) is 7.75. The predicted molar refractivity (Wildman–Crippen MR) is 64.9 cm³/mol. The predicted octanol–water partition coefficient (Wildman–Crippen LogP) is 2.82. The molecule has 0 aliphatic heterocycles. The van der Waals surface area contributed by atoms with Gasteiger partial charge in [-0.2, -0.15) is 0 Å². The lowest BCUT2D eigenvalue weighted by atomic mass is 10.3. The molecule has 4 heteroatoms. The number of aromatic nitrogens is 2. The van der Waals surface area contributed by atoms with Gasteiger partial charge in [-0.15, -0.1) is 0 Å². The highest BCUT2D eigenvalue weighted by Crippen LogP contribution is 2.38. The minimum absolute atomic E-state index is 0.589. The highest BCUT2D eigenvalue weighted by Gasteiger charge is 2.35. The van der Waals surface area contributed by atoms with E-state index in [1.807, 2.05) is 6.92 Å². The van der Waals surface area contributed by atoms with Gasteiger partial charge in [0.1, 0.15) is 17.3 Å². The molecule has 2 aliphatic carbocycles. The molecule has 2 aliphatic rings. The Morgan fingerprint density at radius 1 is 1.31 bits per heavy atom. The van der Waals surface area contributed by atoms with Crippen LogP contribution in [0.2, 0.25) is 5.15 Å². The number of hydrogen-bond donors (Lipinski definition) is 0. The van der Waals surface area contributed by atoms with Crippen LogP contribution in [-0.4, -0.2) is 22.6 Å². The van der Waals surface area contributed by atoms with Gasteiger partial charge in [0, 0.05) is 18.2 Å². The van der Waals surface area contributed by atoms with Crippen LogP contribution in [0, 0.1) is 12.8 Å². The van der Waals surface area contributed by atoms with E-state index < -0.39 is 0 Å². The molecule has 0 spiro atoms. The first-order valence-electron chi connectivity index (χ1n) is 5.99. The van der Waals surface area contributed by atoms with Crippen LogP contribution in [0.4, 0.5) is 5.82 Å². The summed E-state index contributed by atoms with van der Waals surface area (Å²) < 4.78 is 0. The molecule has 0 aromatic carbocycles. The van der Waals surface area contributed by atoms with E-state index in [4.69, 9.17) is 11.6 Å². The zero-order valence-electron chi connectivity index (χ0n) is 9.49. The summed E-state index contributed by atoms with van der Waals surface area (Å²) in [5.74, 6) is 1.93. The first-order valence-corrected chi connectivity index (χ1v) is 6.37. The molecular formula is C12H16ClN3. The Hall–Kier alpha value is -0.830. The summed E-state index contributed by atoms with van der Waals surface area (Å²) in [7, 11) is 0. The van der Waals surface area contributed by atoms with Crippen LogP contribution >= 0.6 is 11.6 Å². The third-order valence-corrected chi connectivity index (χ3v) is 3.79. The molecule has 3 nitrogen and oxygen atoms in total. The van der Waals surface area contributed by atoms with Crippen molar-refractivity contribution >= 4 is 17.4 Å². The maximum atomic E-state index is 6.06. The van der Waals surface area contributed by atoms with Crippen molar-refractivity contribution in [1.82, 2.24) is 9.97 Å². The van der Waals surface area contributed by atoms with Crippen LogP contribution in [0.25, 0.3) is 0 Å². The summed E-state index contributed by atoms with van der Waals surface area (Å²) in [5.41, 5.74) is 1.02. The lowest BCUT2D eigenvalue weighted by Gasteiger charge is -2.25. The van der Waals surface area contributed by atoms with E-state index in [-0.39, 0.29) is 0 Å². The third-order valence-electron chi connectivity index (χ3n) is 3.41. The first kappa shape index (κ1) is 10.3. The molecule has 0 bridgehead atoms. The SMILES string of the molecule is Cc1c(Cl)ncnc1N(CC1CC1)C1CC1. The summed E-state index contributed by atoms with van der Waals surface area (Å²) in [6, 6.07) is 0.699. The Morgan fingerprint density at radius 3 is 2.69 bits per heavy atom. The highest BCUT2D eigenvalue weighted by molar-refractivity contribution is 6.30. The smallest absolute Gasteiger partial charge is 0.137 e. The number of hydrogen-bond acceptors (Lipinski definition) is 3. The molecule has 0 N–H and O–H groups in total. The summed E-state index contributed by atoms with van der Waals surface area (Å²) >= 11 is 6.06. The lowest BCUT2D eigenvalue weighted by molar-refractivity contribution is 0.705. The van der Waals surface area contributed by atoms with Crippen LogP contribution in [0.5, 0.6) is 0 Å². The number of rotatable bonds is 4. The van der Waals surface area contributed by atoms with Crippen molar-refractivity contribution in [1.29, 1.82) is 0 Å². The Kier molecular flexibility index (Phi) is 2.51. The number of anilines is 1. The van der Waals surface area contributed by atoms with E-state index >= 15 is 0 Å². The fourth-order valence-corrected chi connectivity index (χ4v) is 2.21. The number of halogens is 1. The molecule has 0 unspecified atom stereocenters. The van der Waals surface area contributed by atoms with Gasteiger partial charge >= 0.3 is 0 Å². The van der Waals surface area contributed by atoms with Crippen molar-refractivity contribution in [2.45, 2.75) is 38.6 Å². The molecule has 1 aromatic rings. The zero-order valence-corrected chi connectivity index (χ0v) is 10.2. The van der Waals surface area contributed by atoms with Gasteiger partial charge in [0.15, 0.2) is 0 Å². The van der Waals surface area contributed by atoms with Crippen molar-refractivity contribution in [3.63, 3.8) is 0 Å². The molecule has 0 atom stereocenters. The van der Waals surface area contributed by atoms with Gasteiger partial charge in [-0.1, -0.05) is 11.6 Å². The molecule has 2 fully saturated rings. The summed E-state index contributed by atoms with van der Waals surface area (Å²) in [6.45, 7) is 3.17. The van der Waals surface area contributed by atoms with Crippen LogP contribution < -0.4 is 4.90 Å².